The Balaban J connectivity index is 2.04. The second kappa shape index (κ2) is 7.31. The third-order valence-electron chi connectivity index (χ3n) is 5.77. The fourth-order valence-electron chi connectivity index (χ4n) is 3.71. The zero-order chi connectivity index (χ0) is 24.3. The van der Waals surface area contributed by atoms with Gasteiger partial charge in [0, 0.05) is 13.2 Å². The van der Waals surface area contributed by atoms with Gasteiger partial charge in [-0.2, -0.15) is 18.4 Å². The van der Waals surface area contributed by atoms with Crippen LogP contribution in [0.3, 0.4) is 0 Å². The minimum atomic E-state index is -4.90. The number of halogens is 3. The smallest absolute Gasteiger partial charge is 0.413 e. The molecule has 174 valence electrons. The van der Waals surface area contributed by atoms with Crippen molar-refractivity contribution in [3.05, 3.63) is 39.9 Å². The molecule has 13 heteroatoms. The summed E-state index contributed by atoms with van der Waals surface area (Å²) >= 11 is 0. The Morgan fingerprint density at radius 1 is 1.30 bits per heavy atom. The number of nitrogens with zero attached hydrogens (tertiary/aromatic N) is 5. The number of pyridine rings is 2. The molecule has 1 saturated carbocycles. The summed E-state index contributed by atoms with van der Waals surface area (Å²) in [7, 11) is -1.57. The zero-order valence-corrected chi connectivity index (χ0v) is 18.6. The molecule has 0 amide bonds. The van der Waals surface area contributed by atoms with E-state index in [1.165, 1.54) is 30.8 Å². The highest BCUT2D eigenvalue weighted by Gasteiger charge is 2.46. The van der Waals surface area contributed by atoms with Gasteiger partial charge in [0.25, 0.3) is 0 Å². The molecule has 3 aromatic heterocycles. The minimum absolute atomic E-state index is 0.107. The van der Waals surface area contributed by atoms with E-state index in [9.17, 15) is 31.6 Å². The molecule has 0 unspecified atom stereocenters. The Morgan fingerprint density at radius 2 is 1.97 bits per heavy atom. The molecule has 0 N–H and O–H groups in total. The molecule has 3 heterocycles. The second-order valence-electron chi connectivity index (χ2n) is 7.71. The lowest BCUT2D eigenvalue weighted by Crippen LogP contribution is -2.32. The van der Waals surface area contributed by atoms with E-state index in [2.05, 4.69) is 20.9 Å². The maximum atomic E-state index is 13.4. The number of sulfone groups is 1. The average molecular weight is 481 g/mol. The van der Waals surface area contributed by atoms with E-state index in [0.29, 0.717) is 24.5 Å². The molecule has 9 nitrogen and oxygen atoms in total. The summed E-state index contributed by atoms with van der Waals surface area (Å²) < 4.78 is 67.4. The van der Waals surface area contributed by atoms with Crippen molar-refractivity contribution in [2.45, 2.75) is 36.3 Å². The molecule has 1 fully saturated rings. The number of nitriles is 1. The number of hydrogen-bond acceptors (Lipinski definition) is 7. The van der Waals surface area contributed by atoms with Gasteiger partial charge in [0.2, 0.25) is 0 Å². The first-order valence-corrected chi connectivity index (χ1v) is 11.4. The van der Waals surface area contributed by atoms with E-state index in [1.54, 1.807) is 0 Å². The highest BCUT2D eigenvalue weighted by Crippen LogP contribution is 2.48. The third kappa shape index (κ3) is 3.45. The molecule has 0 saturated heterocycles. The number of rotatable bonds is 5. The van der Waals surface area contributed by atoms with Crippen molar-refractivity contribution in [3.8, 4) is 17.6 Å². The molecular formula is C20H18F3N5O4S. The van der Waals surface area contributed by atoms with Crippen LogP contribution in [0.1, 0.15) is 31.0 Å². The summed E-state index contributed by atoms with van der Waals surface area (Å²) in [6.45, 7) is 1.44. The highest BCUT2D eigenvalue weighted by molar-refractivity contribution is 7.91. The molecule has 0 aliphatic heterocycles. The van der Waals surface area contributed by atoms with E-state index >= 15 is 0 Å². The number of hydrogen-bond donors (Lipinski definition) is 0. The van der Waals surface area contributed by atoms with Crippen LogP contribution in [0.15, 0.2) is 28.0 Å². The lowest BCUT2D eigenvalue weighted by atomic mass is 9.99. The molecule has 1 aliphatic carbocycles. The van der Waals surface area contributed by atoms with Crippen LogP contribution < -0.4 is 10.4 Å². The fourth-order valence-corrected chi connectivity index (χ4v) is 4.77. The third-order valence-corrected chi connectivity index (χ3v) is 7.51. The van der Waals surface area contributed by atoms with Crippen molar-refractivity contribution in [1.82, 2.24) is 19.3 Å². The predicted molar refractivity (Wildman–Crippen MR) is 110 cm³/mol. The first-order valence-electron chi connectivity index (χ1n) is 9.79. The molecule has 1 aliphatic rings. The predicted octanol–water partition coefficient (Wildman–Crippen LogP) is 2.22. The molecule has 0 atom stereocenters. The Bertz CT molecular complexity index is 1500. The number of aromatic nitrogens is 4. The van der Waals surface area contributed by atoms with Crippen LogP contribution >= 0.6 is 0 Å². The molecule has 4 rings (SSSR count). The number of alkyl halides is 3. The quantitative estimate of drug-likeness (QED) is 0.548. The topological polar surface area (TPSA) is 120 Å². The summed E-state index contributed by atoms with van der Waals surface area (Å²) in [5.74, 6) is -0.381. The zero-order valence-electron chi connectivity index (χ0n) is 17.8. The van der Waals surface area contributed by atoms with E-state index in [-0.39, 0.29) is 37.9 Å². The number of fused-ring (bicyclic) bond motifs is 1. The van der Waals surface area contributed by atoms with Gasteiger partial charge in [-0.1, -0.05) is 6.92 Å². The van der Waals surface area contributed by atoms with Crippen LogP contribution in [-0.2, 0) is 28.5 Å². The number of imidazole rings is 1. The normalized spacial score (nSPS) is 15.4. The second-order valence-corrected chi connectivity index (χ2v) is 9.95. The SMILES string of the molecule is CCS(=O)(=O)c1cc(C2(C#N)CC2)cnc1-c1nc2cc(C(F)(F)F)n(OC)c(=O)c2n1C. The molecule has 33 heavy (non-hydrogen) atoms. The van der Waals surface area contributed by atoms with Crippen molar-refractivity contribution in [3.63, 3.8) is 0 Å². The van der Waals surface area contributed by atoms with Gasteiger partial charge in [0.05, 0.1) is 27.6 Å². The molecule has 0 bridgehead atoms. The Hall–Kier alpha value is -3.40. The van der Waals surface area contributed by atoms with E-state index in [0.717, 1.165) is 7.11 Å². The van der Waals surface area contributed by atoms with Gasteiger partial charge < -0.3 is 9.40 Å². The summed E-state index contributed by atoms with van der Waals surface area (Å²) in [5, 5.41) is 9.47. The van der Waals surface area contributed by atoms with Gasteiger partial charge in [0.15, 0.2) is 21.4 Å². The molecule has 3 aromatic rings. The Morgan fingerprint density at radius 3 is 2.48 bits per heavy atom. The highest BCUT2D eigenvalue weighted by atomic mass is 32.2. The van der Waals surface area contributed by atoms with Crippen LogP contribution in [-0.4, -0.2) is 40.5 Å². The molecule has 0 radical (unpaired) electrons. The lowest BCUT2D eigenvalue weighted by Gasteiger charge is -2.14. The maximum absolute atomic E-state index is 13.4. The summed E-state index contributed by atoms with van der Waals surface area (Å²) in [4.78, 5) is 25.6. The molecular weight excluding hydrogens is 463 g/mol. The Kier molecular flexibility index (Phi) is 5.05. The minimum Gasteiger partial charge on any atom is -0.413 e. The van der Waals surface area contributed by atoms with Crippen molar-refractivity contribution in [2.75, 3.05) is 12.9 Å². The van der Waals surface area contributed by atoms with Gasteiger partial charge in [-0.15, -0.1) is 4.73 Å². The largest absolute Gasteiger partial charge is 0.435 e. The summed E-state index contributed by atoms with van der Waals surface area (Å²) in [6.07, 6.45) is -2.39. The number of aryl methyl sites for hydroxylation is 1. The summed E-state index contributed by atoms with van der Waals surface area (Å²) in [6, 6.07) is 4.20. The molecule has 0 spiro atoms. The maximum Gasteiger partial charge on any atom is 0.435 e. The van der Waals surface area contributed by atoms with Crippen molar-refractivity contribution in [2.24, 2.45) is 7.05 Å². The summed E-state index contributed by atoms with van der Waals surface area (Å²) in [5.41, 5.74) is -3.46. The van der Waals surface area contributed by atoms with Gasteiger partial charge in [0.1, 0.15) is 18.3 Å². The van der Waals surface area contributed by atoms with Crippen LogP contribution in [0.2, 0.25) is 0 Å². The van der Waals surface area contributed by atoms with Crippen molar-refractivity contribution in [1.29, 1.82) is 5.26 Å². The molecule has 0 aromatic carbocycles. The van der Waals surface area contributed by atoms with E-state index in [4.69, 9.17) is 0 Å². The van der Waals surface area contributed by atoms with Crippen LogP contribution in [0.4, 0.5) is 13.2 Å². The van der Waals surface area contributed by atoms with Gasteiger partial charge in [-0.05, 0) is 30.5 Å². The standard InChI is InChI=1S/C20H18F3N5O4S/c1-4-33(30,31)13-7-11(19(10-24)5-6-19)9-25-15(13)17-26-12-8-14(20(21,22)23)28(32-3)18(29)16(12)27(17)2/h7-9H,4-6H2,1-3H3. The average Bonchev–Trinajstić information content (AvgIpc) is 3.50. The van der Waals surface area contributed by atoms with Crippen LogP contribution in [0, 0.1) is 11.3 Å². The first kappa shape index (κ1) is 22.8. The van der Waals surface area contributed by atoms with Crippen LogP contribution in [0.5, 0.6) is 0 Å². The van der Waals surface area contributed by atoms with E-state index in [1.807, 2.05) is 0 Å². The van der Waals surface area contributed by atoms with Gasteiger partial charge in [-0.3, -0.25) is 9.78 Å². The monoisotopic (exact) mass is 481 g/mol. The van der Waals surface area contributed by atoms with Gasteiger partial charge >= 0.3 is 11.7 Å². The van der Waals surface area contributed by atoms with Crippen molar-refractivity contribution < 1.29 is 26.4 Å². The lowest BCUT2D eigenvalue weighted by molar-refractivity contribution is -0.151. The Labute approximate surface area is 185 Å². The van der Waals surface area contributed by atoms with Gasteiger partial charge in [-0.25, -0.2) is 13.4 Å². The van der Waals surface area contributed by atoms with E-state index < -0.39 is 32.7 Å². The fraction of sp³-hybridized carbons (Fsp3) is 0.400. The van der Waals surface area contributed by atoms with Crippen LogP contribution in [0.25, 0.3) is 22.6 Å². The first-order chi connectivity index (χ1) is 15.4. The van der Waals surface area contributed by atoms with Crippen molar-refractivity contribution >= 4 is 20.9 Å².